The van der Waals surface area contributed by atoms with Crippen molar-refractivity contribution in [3.05, 3.63) is 491 Å². The highest BCUT2D eigenvalue weighted by atomic mass is 16.4. The molecule has 0 fully saturated rings. The summed E-state index contributed by atoms with van der Waals surface area (Å²) < 4.78 is 40.0. The summed E-state index contributed by atoms with van der Waals surface area (Å²) in [5, 5.41) is 12.7. The molecule has 0 atom stereocenters. The van der Waals surface area contributed by atoms with Crippen LogP contribution in [0.5, 0.6) is 0 Å². The molecule has 0 spiro atoms. The summed E-state index contributed by atoms with van der Waals surface area (Å²) in [4.78, 5) is 44.1. The minimum absolute atomic E-state index is 0.585. The Morgan fingerprint density at radius 2 is 0.313 bits per heavy atom. The Morgan fingerprint density at radius 3 is 0.613 bits per heavy atom. The molecule has 0 radical (unpaired) electrons. The lowest BCUT2D eigenvalue weighted by atomic mass is 9.97. The van der Waals surface area contributed by atoms with Crippen LogP contribution in [0, 0.1) is 0 Å². The Morgan fingerprint density at radius 1 is 0.107 bits per heavy atom. The lowest BCUT2D eigenvalue weighted by Gasteiger charge is -2.08. The minimum Gasteiger partial charge on any atom is -0.455 e. The highest BCUT2D eigenvalue weighted by Gasteiger charge is 2.27. The smallest absolute Gasteiger partial charge is 0.164 e. The first kappa shape index (κ1) is 87.3. The summed E-state index contributed by atoms with van der Waals surface area (Å²) in [6, 6.07) is 167. The van der Waals surface area contributed by atoms with E-state index in [2.05, 4.69) is 267 Å². The van der Waals surface area contributed by atoms with Gasteiger partial charge in [-0.15, -0.1) is 0 Å². The number of furan rings is 6. The van der Waals surface area contributed by atoms with Crippen LogP contribution in [0.25, 0.3) is 301 Å². The van der Waals surface area contributed by atoms with Gasteiger partial charge in [0.1, 0.15) is 67.0 Å². The number of hydrogen-bond donors (Lipinski definition) is 0. The lowest BCUT2D eigenvalue weighted by Crippen LogP contribution is -2.00. The normalized spacial score (nSPS) is 11.6. The topological polar surface area (TPSA) is 195 Å². The summed E-state index contributed by atoms with van der Waals surface area (Å²) in [6.45, 7) is 0. The molecule has 0 aliphatic heterocycles. The fraction of sp³-hybridized carbons (Fsp3) is 0. The molecule has 150 heavy (non-hydrogen) atoms. The van der Waals surface area contributed by atoms with Crippen molar-refractivity contribution >= 4 is 132 Å². The Bertz CT molecular complexity index is 10000. The fourth-order valence-corrected chi connectivity index (χ4v) is 20.8. The van der Waals surface area contributed by atoms with Gasteiger partial charge in [0, 0.05) is 148 Å². The summed E-state index contributed by atoms with van der Waals surface area (Å²) >= 11 is 0. The van der Waals surface area contributed by atoms with E-state index < -0.39 is 0 Å². The number of hydrogen-bond acceptors (Lipinski definition) is 15. The second-order valence-corrected chi connectivity index (χ2v) is 37.2. The van der Waals surface area contributed by atoms with Crippen LogP contribution in [0.4, 0.5) is 0 Å². The molecule has 9 aromatic heterocycles. The van der Waals surface area contributed by atoms with Gasteiger partial charge in [0.2, 0.25) is 0 Å². The Labute approximate surface area is 857 Å². The second-order valence-electron chi connectivity index (χ2n) is 37.2. The van der Waals surface area contributed by atoms with Crippen molar-refractivity contribution in [1.29, 1.82) is 0 Å². The van der Waals surface area contributed by atoms with E-state index in [9.17, 15) is 0 Å². The van der Waals surface area contributed by atoms with Gasteiger partial charge in [-0.25, -0.2) is 44.9 Å². The molecule has 15 heteroatoms. The standard InChI is InChI=1S/3C45H27N3O2/c1-4-13-28(14-5-1)32-19-12-24-38-40(32)37-23-11-22-36(42(37)49-38)35-21-10-20-34-33-26-25-31(27-39(33)50-41(34)35)45-47-43(29-15-6-2-7-16-29)46-44(48-45)30-17-8-3-9-18-30;1-4-12-28(13-5-1)31-22-24-33-35-18-10-20-37(41(35)49-39(33)26-31)38-21-11-19-36-34-25-23-32(27-40(34)50-42(36)38)45-47-43(29-14-6-2-7-15-29)46-44(48-45)30-16-8-3-9-17-30;1-4-12-28(13-5-1)31-23-25-39-38(26-31)37-21-11-20-36(42(37)49-39)35-19-10-18-34-33-24-22-32(27-40(33)50-41(34)35)45-47-43(29-14-6-2-7-15-29)46-44(48-45)30-16-8-3-9-17-30/h3*1-27H. The number of fused-ring (bicyclic) bond motifs is 18. The predicted octanol–water partition coefficient (Wildman–Crippen LogP) is 36.0. The van der Waals surface area contributed by atoms with Crippen molar-refractivity contribution in [2.45, 2.75) is 0 Å². The Hall–Kier alpha value is -20.6. The van der Waals surface area contributed by atoms with E-state index in [0.717, 1.165) is 243 Å². The third kappa shape index (κ3) is 15.9. The zero-order valence-corrected chi connectivity index (χ0v) is 80.2. The second kappa shape index (κ2) is 37.0. The van der Waals surface area contributed by atoms with Crippen LogP contribution in [0.2, 0.25) is 0 Å². The molecule has 9 heterocycles. The van der Waals surface area contributed by atoms with Gasteiger partial charge in [-0.05, 0) is 100 Å². The molecular weight excluding hydrogens is 1840 g/mol. The van der Waals surface area contributed by atoms with Crippen LogP contribution in [0.15, 0.2) is 518 Å². The van der Waals surface area contributed by atoms with Crippen molar-refractivity contribution in [2.75, 3.05) is 0 Å². The SMILES string of the molecule is c1ccc(-c2ccc3c(c2)oc2c(-c4cccc5c4oc4cc(-c6nc(-c7ccccc7)nc(-c7ccccc7)n6)ccc45)cccc23)cc1.c1ccc(-c2ccc3oc4c(-c5cccc6c5oc5cc(-c7nc(-c8ccccc8)nc(-c8ccccc8)n7)ccc56)cccc4c3c2)cc1.c1ccc(-c2nc(-c3ccccc3)nc(-c3ccc4c(c3)oc3c(-c5cccc6c5oc5cccc(-c7ccccc7)c56)cccc34)n2)cc1. The van der Waals surface area contributed by atoms with E-state index in [1.54, 1.807) is 0 Å². The van der Waals surface area contributed by atoms with Crippen LogP contribution in [-0.2, 0) is 0 Å². The first-order valence-electron chi connectivity index (χ1n) is 49.8. The van der Waals surface area contributed by atoms with E-state index in [1.807, 2.05) is 224 Å². The van der Waals surface area contributed by atoms with Gasteiger partial charge in [-0.1, -0.05) is 425 Å². The molecule has 0 aliphatic rings. The number of rotatable bonds is 15. The van der Waals surface area contributed by atoms with E-state index in [0.29, 0.717) is 52.4 Å². The van der Waals surface area contributed by atoms with Crippen LogP contribution in [-0.4, -0.2) is 44.9 Å². The number of benzene rings is 21. The third-order valence-electron chi connectivity index (χ3n) is 28.1. The summed E-state index contributed by atoms with van der Waals surface area (Å²) in [6.07, 6.45) is 0. The zero-order valence-electron chi connectivity index (χ0n) is 80.2. The minimum atomic E-state index is 0.585. The molecule has 0 saturated carbocycles. The molecular formula is C135H81N9O6. The molecule has 0 aliphatic carbocycles. The molecule has 702 valence electrons. The average molecular weight is 1930 g/mol. The maximum Gasteiger partial charge on any atom is 0.164 e. The first-order chi connectivity index (χ1) is 74.3. The molecule has 0 bridgehead atoms. The van der Waals surface area contributed by atoms with Gasteiger partial charge in [-0.3, -0.25) is 0 Å². The maximum absolute atomic E-state index is 6.73. The lowest BCUT2D eigenvalue weighted by molar-refractivity contribution is 0.665. The van der Waals surface area contributed by atoms with E-state index in [-0.39, 0.29) is 0 Å². The fourth-order valence-electron chi connectivity index (χ4n) is 20.8. The van der Waals surface area contributed by atoms with E-state index in [4.69, 9.17) is 71.4 Å². The quantitative estimate of drug-likeness (QED) is 0.0939. The van der Waals surface area contributed by atoms with Gasteiger partial charge in [-0.2, -0.15) is 0 Å². The van der Waals surface area contributed by atoms with Crippen molar-refractivity contribution in [2.24, 2.45) is 0 Å². The van der Waals surface area contributed by atoms with Gasteiger partial charge < -0.3 is 26.5 Å². The Balaban J connectivity index is 0.000000108. The number of para-hydroxylation sites is 6. The molecule has 21 aromatic carbocycles. The first-order valence-corrected chi connectivity index (χ1v) is 49.8. The van der Waals surface area contributed by atoms with Gasteiger partial charge in [0.15, 0.2) is 52.4 Å². The molecule has 0 N–H and O–H groups in total. The van der Waals surface area contributed by atoms with Crippen LogP contribution >= 0.6 is 0 Å². The van der Waals surface area contributed by atoms with E-state index >= 15 is 0 Å². The van der Waals surface area contributed by atoms with Gasteiger partial charge >= 0.3 is 0 Å². The zero-order chi connectivity index (χ0) is 99.1. The van der Waals surface area contributed by atoms with Crippen LogP contribution in [0.3, 0.4) is 0 Å². The average Bonchev–Trinajstić information content (AvgIpc) is 1.59. The van der Waals surface area contributed by atoms with Gasteiger partial charge in [0.05, 0.1) is 0 Å². The largest absolute Gasteiger partial charge is 0.455 e. The molecule has 15 nitrogen and oxygen atoms in total. The van der Waals surface area contributed by atoms with Crippen molar-refractivity contribution < 1.29 is 26.5 Å². The van der Waals surface area contributed by atoms with Crippen molar-refractivity contribution in [1.82, 2.24) is 44.9 Å². The summed E-state index contributed by atoms with van der Waals surface area (Å²) in [5.74, 6) is 5.48. The van der Waals surface area contributed by atoms with Gasteiger partial charge in [0.25, 0.3) is 0 Å². The molecule has 30 rings (SSSR count). The highest BCUT2D eigenvalue weighted by molar-refractivity contribution is 6.21. The van der Waals surface area contributed by atoms with Crippen molar-refractivity contribution in [3.63, 3.8) is 0 Å². The highest BCUT2D eigenvalue weighted by Crippen LogP contribution is 2.49. The number of aromatic nitrogens is 9. The van der Waals surface area contributed by atoms with Crippen LogP contribution < -0.4 is 0 Å². The predicted molar refractivity (Wildman–Crippen MR) is 605 cm³/mol. The molecule has 0 unspecified atom stereocenters. The van der Waals surface area contributed by atoms with Crippen LogP contribution in [0.1, 0.15) is 0 Å². The Kier molecular flexibility index (Phi) is 21.5. The van der Waals surface area contributed by atoms with Crippen molar-refractivity contribution in [3.8, 4) is 169 Å². The van der Waals surface area contributed by atoms with E-state index in [1.165, 1.54) is 5.56 Å². The monoisotopic (exact) mass is 1920 g/mol. The summed E-state index contributed by atoms with van der Waals surface area (Å²) in [5.41, 5.74) is 30.8. The summed E-state index contributed by atoms with van der Waals surface area (Å²) in [7, 11) is 0. The molecule has 30 aromatic rings. The number of nitrogens with zero attached hydrogens (tertiary/aromatic N) is 9. The maximum atomic E-state index is 6.73. The third-order valence-corrected chi connectivity index (χ3v) is 28.1. The molecule has 0 amide bonds. The molecule has 0 saturated heterocycles.